The van der Waals surface area contributed by atoms with E-state index in [9.17, 15) is 14.4 Å². The summed E-state index contributed by atoms with van der Waals surface area (Å²) in [6.45, 7) is 5.91. The van der Waals surface area contributed by atoms with Gasteiger partial charge in [-0.3, -0.25) is 4.79 Å². The average molecular weight is 538 g/mol. The number of cyclic esters (lactones) is 1. The van der Waals surface area contributed by atoms with Gasteiger partial charge >= 0.3 is 12.1 Å². The molecule has 0 unspecified atom stereocenters. The van der Waals surface area contributed by atoms with Crippen molar-refractivity contribution in [3.63, 3.8) is 0 Å². The van der Waals surface area contributed by atoms with Gasteiger partial charge in [0.15, 0.2) is 23.0 Å². The maximum absolute atomic E-state index is 14.3. The van der Waals surface area contributed by atoms with Gasteiger partial charge in [0.25, 0.3) is 0 Å². The molecule has 11 nitrogen and oxygen atoms in total. The number of hydrogen-bond donors (Lipinski definition) is 0. The van der Waals surface area contributed by atoms with Crippen molar-refractivity contribution in [1.29, 1.82) is 0 Å². The number of amides is 2. The molecule has 2 amide bonds. The Morgan fingerprint density at radius 3 is 2.21 bits per heavy atom. The molecule has 2 aromatic carbocycles. The summed E-state index contributed by atoms with van der Waals surface area (Å²) in [6, 6.07) is 9.67. The fraction of sp³-hybridized carbons (Fsp3) is 0.393. The molecule has 6 rings (SSSR count). The largest absolute Gasteiger partial charge is 0.483 e. The van der Waals surface area contributed by atoms with Crippen molar-refractivity contribution in [3.05, 3.63) is 53.1 Å². The van der Waals surface area contributed by atoms with Crippen LogP contribution in [0.1, 0.15) is 38.0 Å². The molecule has 0 N–H and O–H groups in total. The van der Waals surface area contributed by atoms with E-state index in [-0.39, 0.29) is 31.5 Å². The van der Waals surface area contributed by atoms with E-state index in [2.05, 4.69) is 0 Å². The minimum Gasteiger partial charge on any atom is -0.483 e. The Bertz CT molecular complexity index is 1410. The number of ether oxygens (including phenoxy) is 7. The van der Waals surface area contributed by atoms with Gasteiger partial charge in [0.1, 0.15) is 24.4 Å². The highest BCUT2D eigenvalue weighted by Gasteiger charge is 2.53. The average Bonchev–Trinajstić information content (AvgIpc) is 3.70. The minimum absolute atomic E-state index is 0.0172. The second-order valence-electron chi connectivity index (χ2n) is 10.6. The fourth-order valence-electron chi connectivity index (χ4n) is 5.20. The lowest BCUT2D eigenvalue weighted by Gasteiger charge is -2.33. The maximum atomic E-state index is 14.3. The Hall–Kier alpha value is -4.41. The predicted molar refractivity (Wildman–Crippen MR) is 133 cm³/mol. The van der Waals surface area contributed by atoms with Crippen molar-refractivity contribution >= 4 is 23.7 Å². The molecule has 1 saturated heterocycles. The van der Waals surface area contributed by atoms with Crippen molar-refractivity contribution in [2.45, 2.75) is 32.9 Å². The van der Waals surface area contributed by atoms with Crippen LogP contribution in [0.2, 0.25) is 0 Å². The fourth-order valence-corrected chi connectivity index (χ4v) is 5.20. The molecule has 0 aromatic heterocycles. The van der Waals surface area contributed by atoms with Gasteiger partial charge in [-0.05, 0) is 41.3 Å². The van der Waals surface area contributed by atoms with Crippen molar-refractivity contribution in [2.24, 2.45) is 11.3 Å². The summed E-state index contributed by atoms with van der Waals surface area (Å²) < 4.78 is 38.8. The van der Waals surface area contributed by atoms with Gasteiger partial charge in [-0.1, -0.05) is 26.8 Å². The molecule has 3 atom stereocenters. The highest BCUT2D eigenvalue weighted by molar-refractivity contribution is 6.07. The van der Waals surface area contributed by atoms with E-state index >= 15 is 0 Å². The van der Waals surface area contributed by atoms with E-state index in [0.717, 1.165) is 4.90 Å². The number of esters is 1. The summed E-state index contributed by atoms with van der Waals surface area (Å²) in [4.78, 5) is 41.7. The van der Waals surface area contributed by atoms with Gasteiger partial charge in [0.05, 0.1) is 18.7 Å². The first-order valence-electron chi connectivity index (χ1n) is 12.5. The Balaban J connectivity index is 1.50. The van der Waals surface area contributed by atoms with E-state index in [1.165, 1.54) is 7.11 Å². The molecule has 204 valence electrons. The third-order valence-electron chi connectivity index (χ3n) is 7.24. The Kier molecular flexibility index (Phi) is 5.81. The van der Waals surface area contributed by atoms with Crippen molar-refractivity contribution < 1.29 is 47.5 Å². The van der Waals surface area contributed by atoms with Gasteiger partial charge in [-0.15, -0.1) is 0 Å². The smallest absolute Gasteiger partial charge is 0.417 e. The van der Waals surface area contributed by atoms with Crippen LogP contribution in [-0.2, 0) is 23.8 Å². The van der Waals surface area contributed by atoms with E-state index < -0.39 is 41.4 Å². The predicted octanol–water partition coefficient (Wildman–Crippen LogP) is 3.81. The summed E-state index contributed by atoms with van der Waals surface area (Å²) in [5.74, 6) is -0.433. The van der Waals surface area contributed by atoms with Gasteiger partial charge < -0.3 is 33.2 Å². The summed E-state index contributed by atoms with van der Waals surface area (Å²) in [6.07, 6.45) is -1.76. The van der Waals surface area contributed by atoms with Gasteiger partial charge in [0.2, 0.25) is 19.5 Å². The van der Waals surface area contributed by atoms with Crippen LogP contribution in [0.25, 0.3) is 5.76 Å². The molecule has 0 saturated carbocycles. The standard InChI is InChI=1S/C28H27NO10/c1-28(2,3)20-11-34-27(32)29(20)25(30)21-22(26(31)33-4)24(15-6-8-17-19(10-15)38-13-36-17)39-23(21)14-5-7-16-18(9-14)37-12-35-16/h5-10,20-21,23H,11-13H2,1-4H3/t20-,21-,23+/m1/s1. The number of methoxy groups -OCH3 is 1. The van der Waals surface area contributed by atoms with Crippen LogP contribution in [0.3, 0.4) is 0 Å². The minimum atomic E-state index is -1.23. The number of benzene rings is 2. The van der Waals surface area contributed by atoms with Crippen LogP contribution in [0.15, 0.2) is 42.0 Å². The zero-order chi connectivity index (χ0) is 27.5. The number of nitrogens with zero attached hydrogens (tertiary/aromatic N) is 1. The number of carbonyl (C=O) groups is 3. The van der Waals surface area contributed by atoms with Crippen LogP contribution in [-0.4, -0.2) is 56.2 Å². The molecular formula is C28H27NO10. The quantitative estimate of drug-likeness (QED) is 0.533. The molecule has 0 radical (unpaired) electrons. The Morgan fingerprint density at radius 2 is 1.54 bits per heavy atom. The van der Waals surface area contributed by atoms with Crippen LogP contribution in [0.5, 0.6) is 23.0 Å². The lowest BCUT2D eigenvalue weighted by atomic mass is 9.84. The van der Waals surface area contributed by atoms with Crippen LogP contribution < -0.4 is 18.9 Å². The van der Waals surface area contributed by atoms with E-state index in [1.807, 2.05) is 20.8 Å². The molecule has 11 heteroatoms. The van der Waals surface area contributed by atoms with Crippen molar-refractivity contribution in [1.82, 2.24) is 4.90 Å². The van der Waals surface area contributed by atoms with E-state index in [0.29, 0.717) is 34.1 Å². The van der Waals surface area contributed by atoms with Crippen LogP contribution in [0, 0.1) is 11.3 Å². The number of fused-ring (bicyclic) bond motifs is 2. The first kappa shape index (κ1) is 24.9. The number of imide groups is 1. The van der Waals surface area contributed by atoms with Gasteiger partial charge in [0, 0.05) is 5.56 Å². The summed E-state index contributed by atoms with van der Waals surface area (Å²) in [5, 5.41) is 0. The topological polar surface area (TPSA) is 119 Å². The number of hydrogen-bond acceptors (Lipinski definition) is 10. The molecule has 0 aliphatic carbocycles. The second-order valence-corrected chi connectivity index (χ2v) is 10.6. The highest BCUT2D eigenvalue weighted by Crippen LogP contribution is 2.50. The molecule has 1 fully saturated rings. The SMILES string of the molecule is COC(=O)C1=C(c2ccc3c(c2)OCO3)O[C@@H](c2ccc3c(c2)OCO3)[C@@H]1C(=O)N1C(=O)OC[C@@H]1C(C)(C)C. The zero-order valence-electron chi connectivity index (χ0n) is 21.8. The second kappa shape index (κ2) is 9.11. The van der Waals surface area contributed by atoms with Crippen molar-refractivity contribution in [2.75, 3.05) is 27.3 Å². The van der Waals surface area contributed by atoms with Gasteiger partial charge in [-0.25, -0.2) is 14.5 Å². The van der Waals surface area contributed by atoms with Crippen molar-refractivity contribution in [3.8, 4) is 23.0 Å². The summed E-state index contributed by atoms with van der Waals surface area (Å²) in [5.41, 5.74) is 0.535. The molecule has 2 aromatic rings. The molecule has 4 aliphatic heterocycles. The first-order valence-corrected chi connectivity index (χ1v) is 12.5. The first-order chi connectivity index (χ1) is 18.7. The normalized spacial score (nSPS) is 23.1. The number of rotatable bonds is 4. The highest BCUT2D eigenvalue weighted by atomic mass is 16.7. The summed E-state index contributed by atoms with van der Waals surface area (Å²) in [7, 11) is 1.23. The van der Waals surface area contributed by atoms with Gasteiger partial charge in [-0.2, -0.15) is 0 Å². The molecular weight excluding hydrogens is 510 g/mol. The van der Waals surface area contributed by atoms with Crippen LogP contribution >= 0.6 is 0 Å². The third kappa shape index (κ3) is 4.08. The number of carbonyl (C=O) groups excluding carboxylic acids is 3. The lowest BCUT2D eigenvalue weighted by molar-refractivity contribution is -0.142. The maximum Gasteiger partial charge on any atom is 0.417 e. The molecule has 39 heavy (non-hydrogen) atoms. The van der Waals surface area contributed by atoms with Crippen LogP contribution in [0.4, 0.5) is 4.79 Å². The Morgan fingerprint density at radius 1 is 0.897 bits per heavy atom. The van der Waals surface area contributed by atoms with E-state index in [1.54, 1.807) is 36.4 Å². The molecule has 4 heterocycles. The zero-order valence-corrected chi connectivity index (χ0v) is 21.8. The molecule has 0 spiro atoms. The summed E-state index contributed by atoms with van der Waals surface area (Å²) >= 11 is 0. The lowest BCUT2D eigenvalue weighted by Crippen LogP contribution is -2.49. The van der Waals surface area contributed by atoms with E-state index in [4.69, 9.17) is 33.2 Å². The molecule has 4 aliphatic rings. The monoisotopic (exact) mass is 537 g/mol. The third-order valence-corrected chi connectivity index (χ3v) is 7.24. The molecule has 0 bridgehead atoms. The Labute approximate surface area is 224 Å².